The molecule has 4 N–H and O–H groups in total. The number of unbranched alkanes of at least 4 members (excludes halogenated alkanes) is 1. The number of nitrogens with zero attached hydrogens (tertiary/aromatic N) is 2. The Morgan fingerprint density at radius 2 is 1.07 bits per heavy atom. The molecule has 2 aromatic rings. The fourth-order valence-corrected chi connectivity index (χ4v) is 4.87. The molecule has 0 saturated heterocycles. The smallest absolute Gasteiger partial charge is 0.320 e. The lowest BCUT2D eigenvalue weighted by atomic mass is 10.0. The number of rotatable bonds is 13. The van der Waals surface area contributed by atoms with Crippen molar-refractivity contribution >= 4 is 12.1 Å². The first-order valence-electron chi connectivity index (χ1n) is 13.5. The molecule has 2 aliphatic heterocycles. The summed E-state index contributed by atoms with van der Waals surface area (Å²) < 4.78 is 22.6. The van der Waals surface area contributed by atoms with E-state index < -0.39 is 34.0 Å². The number of nitrogens with one attached hydrogen (secondary N) is 4. The van der Waals surface area contributed by atoms with Gasteiger partial charge in [0.05, 0.1) is 48.7 Å². The molecule has 0 aromatic heterocycles. The Hall–Kier alpha value is -5.54. The fourth-order valence-electron chi connectivity index (χ4n) is 4.87. The Labute approximate surface area is 251 Å². The van der Waals surface area contributed by atoms with Crippen molar-refractivity contribution in [2.75, 3.05) is 27.4 Å². The summed E-state index contributed by atoms with van der Waals surface area (Å²) in [5.41, 5.74) is 0.907. The van der Waals surface area contributed by atoms with E-state index in [-0.39, 0.29) is 22.8 Å². The number of methoxy groups -OCH3 is 2. The highest BCUT2D eigenvalue weighted by Crippen LogP contribution is 2.36. The van der Waals surface area contributed by atoms with Crippen LogP contribution in [0, 0.1) is 20.2 Å². The van der Waals surface area contributed by atoms with Crippen LogP contribution in [-0.2, 0) is 0 Å². The normalized spacial score (nSPS) is 18.0. The van der Waals surface area contributed by atoms with Crippen LogP contribution < -0.4 is 40.2 Å². The van der Waals surface area contributed by atoms with Gasteiger partial charge in [-0.2, -0.15) is 0 Å². The van der Waals surface area contributed by atoms with E-state index in [1.165, 1.54) is 28.1 Å². The van der Waals surface area contributed by atoms with E-state index in [9.17, 15) is 29.8 Å². The van der Waals surface area contributed by atoms with Crippen molar-refractivity contribution in [3.05, 3.63) is 90.5 Å². The lowest BCUT2D eigenvalue weighted by Crippen LogP contribution is -2.45. The van der Waals surface area contributed by atoms with Crippen LogP contribution >= 0.6 is 0 Å². The maximum Gasteiger partial charge on any atom is 0.320 e. The molecule has 0 radical (unpaired) electrons. The first-order valence-corrected chi connectivity index (χ1v) is 13.5. The summed E-state index contributed by atoms with van der Waals surface area (Å²) in [6.45, 7) is 3.58. The summed E-state index contributed by atoms with van der Waals surface area (Å²) in [6.07, 6.45) is 1.22. The zero-order valence-corrected chi connectivity index (χ0v) is 24.4. The summed E-state index contributed by atoms with van der Waals surface area (Å²) in [5.74, 6) is 1.57. The standard InChI is InChI=1S/C28H32N6O10/c1-15-25(33(37)38)23(31-27(35)29-15)17-7-9-19(21(13-17)41-3)43-11-5-6-12-44-20-10-8-18(14-22(20)42-4)24-26(34(39)40)16(2)30-28(36)32-24/h7-10,13-14,23-24H,5-6,11-12H2,1-4H3,(H2,29,31,35)(H2,30,32,36)/t23-,24+. The molecule has 2 atom stereocenters. The largest absolute Gasteiger partial charge is 0.493 e. The van der Waals surface area contributed by atoms with Gasteiger partial charge in [-0.3, -0.25) is 20.2 Å². The highest BCUT2D eigenvalue weighted by molar-refractivity contribution is 5.79. The van der Waals surface area contributed by atoms with Crippen LogP contribution in [-0.4, -0.2) is 49.3 Å². The van der Waals surface area contributed by atoms with E-state index in [2.05, 4.69) is 21.3 Å². The molecule has 44 heavy (non-hydrogen) atoms. The number of ether oxygens (including phenoxy) is 4. The monoisotopic (exact) mass is 612 g/mol. The van der Waals surface area contributed by atoms with E-state index >= 15 is 0 Å². The van der Waals surface area contributed by atoms with Gasteiger partial charge in [0.25, 0.3) is 11.4 Å². The third kappa shape index (κ3) is 6.91. The van der Waals surface area contributed by atoms with Crippen molar-refractivity contribution in [2.45, 2.75) is 38.8 Å². The van der Waals surface area contributed by atoms with E-state index in [1.807, 2.05) is 0 Å². The second-order valence-electron chi connectivity index (χ2n) is 9.82. The third-order valence-corrected chi connectivity index (χ3v) is 6.96. The van der Waals surface area contributed by atoms with Crippen molar-refractivity contribution in [3.8, 4) is 23.0 Å². The molecular weight excluding hydrogens is 580 g/mol. The molecule has 0 spiro atoms. The average molecular weight is 613 g/mol. The maximum absolute atomic E-state index is 11.9. The Morgan fingerprint density at radius 3 is 1.41 bits per heavy atom. The van der Waals surface area contributed by atoms with Gasteiger partial charge in [-0.25, -0.2) is 9.59 Å². The summed E-state index contributed by atoms with van der Waals surface area (Å²) in [5, 5.41) is 33.2. The molecule has 16 nitrogen and oxygen atoms in total. The second-order valence-corrected chi connectivity index (χ2v) is 9.82. The molecule has 16 heteroatoms. The van der Waals surface area contributed by atoms with Gasteiger partial charge in [0.1, 0.15) is 12.1 Å². The van der Waals surface area contributed by atoms with Gasteiger partial charge in [-0.1, -0.05) is 12.1 Å². The zero-order valence-electron chi connectivity index (χ0n) is 24.4. The molecule has 2 heterocycles. The Bertz CT molecular complexity index is 1430. The number of nitro groups is 2. The van der Waals surface area contributed by atoms with Crippen molar-refractivity contribution < 1.29 is 38.4 Å². The molecule has 2 aromatic carbocycles. The van der Waals surface area contributed by atoms with Crippen LogP contribution in [0.3, 0.4) is 0 Å². The van der Waals surface area contributed by atoms with Crippen LogP contribution in [0.1, 0.15) is 49.9 Å². The van der Waals surface area contributed by atoms with Crippen molar-refractivity contribution in [1.29, 1.82) is 0 Å². The highest BCUT2D eigenvalue weighted by Gasteiger charge is 2.37. The molecule has 4 rings (SSSR count). The molecular formula is C28H32N6O10. The van der Waals surface area contributed by atoms with Gasteiger partial charge in [0, 0.05) is 0 Å². The predicted octanol–water partition coefficient (Wildman–Crippen LogP) is 3.67. The van der Waals surface area contributed by atoms with E-state index in [0.29, 0.717) is 60.2 Å². The quantitative estimate of drug-likeness (QED) is 0.147. The maximum atomic E-state index is 11.9. The van der Waals surface area contributed by atoms with Crippen LogP contribution in [0.25, 0.3) is 0 Å². The number of amides is 4. The van der Waals surface area contributed by atoms with Crippen molar-refractivity contribution in [1.82, 2.24) is 21.3 Å². The Kier molecular flexibility index (Phi) is 9.72. The van der Waals surface area contributed by atoms with E-state index in [4.69, 9.17) is 18.9 Å². The van der Waals surface area contributed by atoms with Crippen molar-refractivity contribution in [2.24, 2.45) is 0 Å². The van der Waals surface area contributed by atoms with Crippen LogP contribution in [0.2, 0.25) is 0 Å². The van der Waals surface area contributed by atoms with E-state index in [1.54, 1.807) is 36.4 Å². The highest BCUT2D eigenvalue weighted by atomic mass is 16.6. The molecule has 0 unspecified atom stereocenters. The molecule has 4 amide bonds. The number of urea groups is 2. The summed E-state index contributed by atoms with van der Waals surface area (Å²) in [6, 6.07) is 6.69. The fraction of sp³-hybridized carbons (Fsp3) is 0.357. The molecule has 0 aliphatic carbocycles. The number of allylic oxidation sites excluding steroid dienone is 2. The lowest BCUT2D eigenvalue weighted by molar-refractivity contribution is -0.433. The van der Waals surface area contributed by atoms with E-state index in [0.717, 1.165) is 0 Å². The zero-order chi connectivity index (χ0) is 32.0. The second kappa shape index (κ2) is 13.6. The van der Waals surface area contributed by atoms with Gasteiger partial charge in [0.2, 0.25) is 0 Å². The lowest BCUT2D eigenvalue weighted by Gasteiger charge is -2.24. The van der Waals surface area contributed by atoms with Gasteiger partial charge < -0.3 is 40.2 Å². The van der Waals surface area contributed by atoms with Gasteiger partial charge in [-0.15, -0.1) is 0 Å². The minimum absolute atomic E-state index is 0.158. The van der Waals surface area contributed by atoms with Crippen LogP contribution in [0.5, 0.6) is 23.0 Å². The topological polar surface area (TPSA) is 205 Å². The average Bonchev–Trinajstić information content (AvgIpc) is 2.97. The first-order chi connectivity index (χ1) is 21.0. The summed E-state index contributed by atoms with van der Waals surface area (Å²) >= 11 is 0. The predicted molar refractivity (Wildman–Crippen MR) is 154 cm³/mol. The molecule has 2 aliphatic rings. The molecule has 0 saturated carbocycles. The number of carbonyl (C=O) groups is 2. The van der Waals surface area contributed by atoms with Crippen LogP contribution in [0.4, 0.5) is 9.59 Å². The van der Waals surface area contributed by atoms with Gasteiger partial charge >= 0.3 is 12.1 Å². The Morgan fingerprint density at radius 1 is 0.682 bits per heavy atom. The van der Waals surface area contributed by atoms with Gasteiger partial charge in [-0.05, 0) is 62.1 Å². The number of carbonyl (C=O) groups excluding carboxylic acids is 2. The summed E-state index contributed by atoms with van der Waals surface area (Å²) in [7, 11) is 2.90. The summed E-state index contributed by atoms with van der Waals surface area (Å²) in [4.78, 5) is 46.0. The van der Waals surface area contributed by atoms with Crippen LogP contribution in [0.15, 0.2) is 59.2 Å². The molecule has 234 valence electrons. The first kappa shape index (κ1) is 31.4. The minimum atomic E-state index is -0.959. The molecule has 0 fully saturated rings. The van der Waals surface area contributed by atoms with Gasteiger partial charge in [0.15, 0.2) is 23.0 Å². The number of hydrogen-bond donors (Lipinski definition) is 4. The molecule has 0 bridgehead atoms. The SMILES string of the molecule is COc1cc([C@@H]2NC(=O)NC(C)=C2[N+](=O)[O-])ccc1OCCCCOc1ccc([C@H]2NC(=O)NC(C)=C2[N+](=O)[O-])cc1OC. The number of hydrogen-bond acceptors (Lipinski definition) is 10. The van der Waals surface area contributed by atoms with Crippen molar-refractivity contribution in [3.63, 3.8) is 0 Å². The third-order valence-electron chi connectivity index (χ3n) is 6.96. The minimum Gasteiger partial charge on any atom is -0.493 e. The number of benzene rings is 2. The Balaban J connectivity index is 1.33.